The third-order valence-electron chi connectivity index (χ3n) is 5.03. The number of nitrogens with one attached hydrogen (secondary N) is 1. The fourth-order valence-corrected chi connectivity index (χ4v) is 3.71. The van der Waals surface area contributed by atoms with Crippen LogP contribution in [0.5, 0.6) is 0 Å². The number of fused-ring (bicyclic) bond motifs is 1. The summed E-state index contributed by atoms with van der Waals surface area (Å²) in [6, 6.07) is 8.86. The number of allylic oxidation sites excluding steroid dienone is 1. The zero-order valence-electron chi connectivity index (χ0n) is 17.1. The number of benzene rings is 2. The van der Waals surface area contributed by atoms with Crippen molar-refractivity contribution in [1.29, 1.82) is 0 Å². The molecule has 0 aromatic heterocycles. The number of nitrogens with zero attached hydrogens (tertiary/aromatic N) is 2. The van der Waals surface area contributed by atoms with Gasteiger partial charge in [0.1, 0.15) is 11.6 Å². The molecule has 2 aromatic rings. The number of amides is 1. The van der Waals surface area contributed by atoms with Crippen LogP contribution in [0.4, 0.5) is 14.5 Å². The van der Waals surface area contributed by atoms with Gasteiger partial charge in [0.05, 0.1) is 17.3 Å². The molecule has 4 nitrogen and oxygen atoms in total. The van der Waals surface area contributed by atoms with Crippen molar-refractivity contribution in [2.24, 2.45) is 5.10 Å². The van der Waals surface area contributed by atoms with Crippen molar-refractivity contribution >= 4 is 23.4 Å². The average molecular weight is 397 g/mol. The fraction of sp³-hybridized carbons (Fsp3) is 0.304. The number of hydrogen-bond acceptors (Lipinski definition) is 3. The molecule has 0 bridgehead atoms. The highest BCUT2D eigenvalue weighted by molar-refractivity contribution is 5.95. The van der Waals surface area contributed by atoms with Crippen LogP contribution >= 0.6 is 0 Å². The van der Waals surface area contributed by atoms with E-state index in [1.54, 1.807) is 12.1 Å². The van der Waals surface area contributed by atoms with Gasteiger partial charge < -0.3 is 4.90 Å². The normalized spacial score (nSPS) is 15.2. The maximum Gasteiger partial charge on any atom is 0.274 e. The van der Waals surface area contributed by atoms with E-state index in [1.807, 2.05) is 6.92 Å². The molecule has 0 saturated carbocycles. The molecule has 3 rings (SSSR count). The molecule has 0 radical (unpaired) electrons. The predicted octanol–water partition coefficient (Wildman–Crippen LogP) is 5.14. The van der Waals surface area contributed by atoms with Crippen molar-refractivity contribution in [3.8, 4) is 0 Å². The molecular weight excluding hydrogens is 372 g/mol. The topological polar surface area (TPSA) is 44.7 Å². The minimum atomic E-state index is -0.690. The van der Waals surface area contributed by atoms with Gasteiger partial charge in [0.25, 0.3) is 5.91 Å². The van der Waals surface area contributed by atoms with Crippen molar-refractivity contribution in [3.05, 3.63) is 70.8 Å². The van der Waals surface area contributed by atoms with Gasteiger partial charge in [-0.2, -0.15) is 5.10 Å². The van der Waals surface area contributed by atoms with Gasteiger partial charge in [-0.1, -0.05) is 25.1 Å². The van der Waals surface area contributed by atoms with E-state index in [2.05, 4.69) is 42.3 Å². The molecule has 0 saturated heterocycles. The molecule has 2 aromatic carbocycles. The van der Waals surface area contributed by atoms with Crippen molar-refractivity contribution in [2.75, 3.05) is 11.4 Å². The third-order valence-corrected chi connectivity index (χ3v) is 5.03. The van der Waals surface area contributed by atoms with Crippen LogP contribution in [0.2, 0.25) is 0 Å². The van der Waals surface area contributed by atoms with Crippen molar-refractivity contribution in [2.45, 2.75) is 39.7 Å². The van der Waals surface area contributed by atoms with E-state index in [0.29, 0.717) is 0 Å². The minimum absolute atomic E-state index is 0.119. The van der Waals surface area contributed by atoms with Crippen LogP contribution in [0.25, 0.3) is 5.57 Å². The quantitative estimate of drug-likeness (QED) is 0.561. The smallest absolute Gasteiger partial charge is 0.274 e. The maximum atomic E-state index is 14.8. The molecule has 1 heterocycles. The first-order valence-electron chi connectivity index (χ1n) is 9.63. The number of carbonyl (C=O) groups excluding carboxylic acids is 1. The molecule has 152 valence electrons. The number of carbonyl (C=O) groups is 1. The number of hydrogen-bond donors (Lipinski definition) is 1. The highest BCUT2D eigenvalue weighted by atomic mass is 19.1. The van der Waals surface area contributed by atoms with Gasteiger partial charge >= 0.3 is 0 Å². The summed E-state index contributed by atoms with van der Waals surface area (Å²) in [6.45, 7) is 9.13. The third kappa shape index (κ3) is 4.21. The Balaban J connectivity index is 1.87. The number of anilines is 1. The molecule has 0 spiro atoms. The van der Waals surface area contributed by atoms with E-state index in [4.69, 9.17) is 0 Å². The molecular formula is C23H25F2N3O. The molecule has 29 heavy (non-hydrogen) atoms. The standard InChI is InChI=1S/C23H25F2N3O/c1-5-10-28-21-12-20(25)16(11-18(21)15(2)13-23(28,3)4)14-26-27-22(29)17-8-6-7-9-19(17)24/h6-9,11-14H,5,10H2,1-4H3,(H,27,29)/b26-14-. The highest BCUT2D eigenvalue weighted by Gasteiger charge is 2.31. The Morgan fingerprint density at radius 2 is 1.93 bits per heavy atom. The summed E-state index contributed by atoms with van der Waals surface area (Å²) >= 11 is 0. The Labute approximate surface area is 169 Å². The number of hydrazone groups is 1. The van der Waals surface area contributed by atoms with Gasteiger partial charge in [-0.05, 0) is 57.0 Å². The van der Waals surface area contributed by atoms with Crippen LogP contribution < -0.4 is 10.3 Å². The summed E-state index contributed by atoms with van der Waals surface area (Å²) in [5.41, 5.74) is 5.01. The lowest BCUT2D eigenvalue weighted by Gasteiger charge is -2.43. The van der Waals surface area contributed by atoms with E-state index < -0.39 is 17.5 Å². The lowest BCUT2D eigenvalue weighted by molar-refractivity contribution is 0.0951. The van der Waals surface area contributed by atoms with Gasteiger partial charge in [0.15, 0.2) is 0 Å². The predicted molar refractivity (Wildman–Crippen MR) is 113 cm³/mol. The first-order valence-corrected chi connectivity index (χ1v) is 9.63. The average Bonchev–Trinajstić information content (AvgIpc) is 2.66. The van der Waals surface area contributed by atoms with Crippen LogP contribution in [0.3, 0.4) is 0 Å². The second-order valence-electron chi connectivity index (χ2n) is 7.70. The van der Waals surface area contributed by atoms with E-state index in [0.717, 1.165) is 29.8 Å². The zero-order chi connectivity index (χ0) is 21.2. The molecule has 6 heteroatoms. The van der Waals surface area contributed by atoms with E-state index in [1.165, 1.54) is 30.5 Å². The SMILES string of the molecule is CCCN1c2cc(F)c(/C=N\NC(=O)c3ccccc3F)cc2C(C)=CC1(C)C. The first-order chi connectivity index (χ1) is 13.7. The fourth-order valence-electron chi connectivity index (χ4n) is 3.71. The van der Waals surface area contributed by atoms with Gasteiger partial charge in [-0.25, -0.2) is 14.2 Å². The second kappa shape index (κ2) is 8.15. The van der Waals surface area contributed by atoms with Crippen LogP contribution in [0.1, 0.15) is 55.6 Å². The lowest BCUT2D eigenvalue weighted by Crippen LogP contribution is -2.45. The summed E-state index contributed by atoms with van der Waals surface area (Å²) < 4.78 is 28.4. The summed E-state index contributed by atoms with van der Waals surface area (Å²) in [5.74, 6) is -1.76. The molecule has 1 amide bonds. The maximum absolute atomic E-state index is 14.8. The monoisotopic (exact) mass is 397 g/mol. The minimum Gasteiger partial charge on any atom is -0.362 e. The number of rotatable bonds is 5. The highest BCUT2D eigenvalue weighted by Crippen LogP contribution is 2.39. The first kappa shape index (κ1) is 20.7. The summed E-state index contributed by atoms with van der Waals surface area (Å²) in [7, 11) is 0. The molecule has 0 aliphatic carbocycles. The molecule has 1 aliphatic rings. The van der Waals surface area contributed by atoms with Gasteiger partial charge in [-0.15, -0.1) is 0 Å². The summed E-state index contributed by atoms with van der Waals surface area (Å²) in [6.07, 6.45) is 4.36. The zero-order valence-corrected chi connectivity index (χ0v) is 17.1. The van der Waals surface area contributed by atoms with E-state index in [-0.39, 0.29) is 16.7 Å². The van der Waals surface area contributed by atoms with Crippen LogP contribution in [0, 0.1) is 11.6 Å². The molecule has 1 aliphatic heterocycles. The summed E-state index contributed by atoms with van der Waals surface area (Å²) in [4.78, 5) is 14.2. The molecule has 1 N–H and O–H groups in total. The molecule has 0 atom stereocenters. The van der Waals surface area contributed by atoms with Crippen LogP contribution in [-0.2, 0) is 0 Å². The van der Waals surface area contributed by atoms with Gasteiger partial charge in [-0.3, -0.25) is 4.79 Å². The van der Waals surface area contributed by atoms with Crippen molar-refractivity contribution in [3.63, 3.8) is 0 Å². The molecule has 0 fully saturated rings. The number of halogens is 2. The largest absolute Gasteiger partial charge is 0.362 e. The van der Waals surface area contributed by atoms with E-state index in [9.17, 15) is 13.6 Å². The Bertz CT molecular complexity index is 996. The van der Waals surface area contributed by atoms with Gasteiger partial charge in [0, 0.05) is 23.4 Å². The Morgan fingerprint density at radius 1 is 1.21 bits per heavy atom. The van der Waals surface area contributed by atoms with Crippen molar-refractivity contribution in [1.82, 2.24) is 5.43 Å². The summed E-state index contributed by atoms with van der Waals surface area (Å²) in [5, 5.41) is 3.81. The lowest BCUT2D eigenvalue weighted by atomic mass is 9.88. The Morgan fingerprint density at radius 3 is 2.62 bits per heavy atom. The van der Waals surface area contributed by atoms with Gasteiger partial charge in [0.2, 0.25) is 0 Å². The second-order valence-corrected chi connectivity index (χ2v) is 7.70. The van der Waals surface area contributed by atoms with Crippen LogP contribution in [-0.4, -0.2) is 24.2 Å². The van der Waals surface area contributed by atoms with Crippen molar-refractivity contribution < 1.29 is 13.6 Å². The molecule has 0 unspecified atom stereocenters. The van der Waals surface area contributed by atoms with E-state index >= 15 is 0 Å². The Kier molecular flexibility index (Phi) is 5.82. The Hall–Kier alpha value is -3.02. The van der Waals surface area contributed by atoms with Crippen LogP contribution in [0.15, 0.2) is 47.6 Å².